The molecule has 0 saturated carbocycles. The average Bonchev–Trinajstić information content (AvgIpc) is 2.94. The summed E-state index contributed by atoms with van der Waals surface area (Å²) in [4.78, 5) is 26.2. The minimum absolute atomic E-state index is 0.0460. The molecule has 2 heterocycles. The fourth-order valence-corrected chi connectivity index (χ4v) is 3.06. The maximum absolute atomic E-state index is 12.5. The van der Waals surface area contributed by atoms with Crippen molar-refractivity contribution in [3.63, 3.8) is 0 Å². The molecule has 24 heavy (non-hydrogen) atoms. The van der Waals surface area contributed by atoms with E-state index in [4.69, 9.17) is 0 Å². The fourth-order valence-electron chi connectivity index (χ4n) is 2.45. The van der Waals surface area contributed by atoms with Crippen molar-refractivity contribution in [2.45, 2.75) is 39.8 Å². The van der Waals surface area contributed by atoms with Crippen LogP contribution in [0.1, 0.15) is 38.6 Å². The smallest absolute Gasteiger partial charge is 0.341 e. The summed E-state index contributed by atoms with van der Waals surface area (Å²) in [6.07, 6.45) is -3.34. The zero-order valence-corrected chi connectivity index (χ0v) is 14.4. The normalized spacial score (nSPS) is 19.2. The lowest BCUT2D eigenvalue weighted by Crippen LogP contribution is -2.47. The molecule has 2 amide bonds. The lowest BCUT2D eigenvalue weighted by Gasteiger charge is -2.35. The van der Waals surface area contributed by atoms with Gasteiger partial charge >= 0.3 is 6.18 Å². The number of carbonyl (C=O) groups is 2. The van der Waals surface area contributed by atoms with E-state index in [1.54, 1.807) is 25.7 Å². The molecule has 0 spiro atoms. The summed E-state index contributed by atoms with van der Waals surface area (Å²) in [7, 11) is 0. The number of piperidine rings is 1. The number of aromatic nitrogens is 2. The summed E-state index contributed by atoms with van der Waals surface area (Å²) in [5.41, 5.74) is -0.542. The number of alkyl halides is 3. The predicted octanol–water partition coefficient (Wildman–Crippen LogP) is 2.78. The van der Waals surface area contributed by atoms with E-state index in [0.717, 1.165) is 0 Å². The van der Waals surface area contributed by atoms with Crippen LogP contribution in [0.15, 0.2) is 0 Å². The van der Waals surface area contributed by atoms with Crippen LogP contribution in [0, 0.1) is 11.3 Å². The third-order valence-electron chi connectivity index (χ3n) is 3.62. The van der Waals surface area contributed by atoms with Gasteiger partial charge in [0.1, 0.15) is 0 Å². The lowest BCUT2D eigenvalue weighted by atomic mass is 9.91. The molecule has 0 unspecified atom stereocenters. The van der Waals surface area contributed by atoms with Crippen molar-refractivity contribution in [1.29, 1.82) is 0 Å². The van der Waals surface area contributed by atoms with Crippen molar-refractivity contribution in [1.82, 2.24) is 15.1 Å². The second-order valence-corrected chi connectivity index (χ2v) is 7.72. The summed E-state index contributed by atoms with van der Waals surface area (Å²) in [6, 6.07) is 0. The van der Waals surface area contributed by atoms with Crippen LogP contribution in [0.3, 0.4) is 0 Å². The van der Waals surface area contributed by atoms with Crippen LogP contribution in [0.4, 0.5) is 18.3 Å². The monoisotopic (exact) mass is 364 g/mol. The zero-order chi connectivity index (χ0) is 18.1. The average molecular weight is 364 g/mol. The maximum atomic E-state index is 12.5. The molecule has 134 valence electrons. The Morgan fingerprint density at radius 1 is 1.25 bits per heavy atom. The van der Waals surface area contributed by atoms with Gasteiger partial charge in [0.25, 0.3) is 0 Å². The Labute approximate surface area is 141 Å². The first-order valence-corrected chi connectivity index (χ1v) is 8.31. The topological polar surface area (TPSA) is 75.2 Å². The third-order valence-corrected chi connectivity index (χ3v) is 4.50. The van der Waals surface area contributed by atoms with Gasteiger partial charge in [-0.3, -0.25) is 9.59 Å². The molecule has 0 radical (unpaired) electrons. The standard InChI is InChI=1S/C14H19F3N4O2S/c1-13(2,3)11(23)21-6-4-5-8(7-21)9(22)18-12-20-19-10(24-12)14(15,16)17/h8H,4-7H2,1-3H3,(H,18,20,22)/t8-/m1/s1. The molecule has 1 aromatic rings. The Hall–Kier alpha value is -1.71. The van der Waals surface area contributed by atoms with Gasteiger partial charge in [0, 0.05) is 18.5 Å². The van der Waals surface area contributed by atoms with Gasteiger partial charge in [-0.15, -0.1) is 10.2 Å². The molecule has 1 saturated heterocycles. The molecule has 1 aliphatic rings. The Morgan fingerprint density at radius 2 is 1.92 bits per heavy atom. The number of hydrogen-bond donors (Lipinski definition) is 1. The lowest BCUT2D eigenvalue weighted by molar-refractivity contribution is -0.142. The maximum Gasteiger partial charge on any atom is 0.445 e. The van der Waals surface area contributed by atoms with Gasteiger partial charge in [0.15, 0.2) is 0 Å². The van der Waals surface area contributed by atoms with E-state index in [1.807, 2.05) is 0 Å². The first-order chi connectivity index (χ1) is 11.0. The van der Waals surface area contributed by atoms with Crippen LogP contribution in [0.25, 0.3) is 0 Å². The molecule has 2 rings (SSSR count). The van der Waals surface area contributed by atoms with Crippen molar-refractivity contribution in [3.05, 3.63) is 5.01 Å². The number of hydrogen-bond acceptors (Lipinski definition) is 5. The molecule has 1 aromatic heterocycles. The molecule has 0 aliphatic carbocycles. The van der Waals surface area contributed by atoms with Crippen molar-refractivity contribution in [3.8, 4) is 0 Å². The van der Waals surface area contributed by atoms with Gasteiger partial charge in [0.05, 0.1) is 5.92 Å². The van der Waals surface area contributed by atoms with Crippen LogP contribution >= 0.6 is 11.3 Å². The SMILES string of the molecule is CC(C)(C)C(=O)N1CCC[C@@H](C(=O)Nc2nnc(C(F)(F)F)s2)C1. The minimum Gasteiger partial charge on any atom is -0.341 e. The van der Waals surface area contributed by atoms with Crippen LogP contribution < -0.4 is 5.32 Å². The van der Waals surface area contributed by atoms with Crippen LogP contribution in [0.2, 0.25) is 0 Å². The quantitative estimate of drug-likeness (QED) is 0.876. The van der Waals surface area contributed by atoms with Crippen molar-refractivity contribution in [2.24, 2.45) is 11.3 Å². The first-order valence-electron chi connectivity index (χ1n) is 7.49. The Balaban J connectivity index is 1.99. The number of nitrogens with zero attached hydrogens (tertiary/aromatic N) is 3. The van der Waals surface area contributed by atoms with Gasteiger partial charge < -0.3 is 10.2 Å². The number of carbonyl (C=O) groups excluding carboxylic acids is 2. The molecular weight excluding hydrogens is 345 g/mol. The van der Waals surface area contributed by atoms with E-state index < -0.39 is 28.4 Å². The van der Waals surface area contributed by atoms with E-state index in [1.165, 1.54) is 0 Å². The zero-order valence-electron chi connectivity index (χ0n) is 13.6. The second kappa shape index (κ2) is 6.66. The number of nitrogens with one attached hydrogen (secondary N) is 1. The van der Waals surface area contributed by atoms with Gasteiger partial charge in [-0.2, -0.15) is 13.2 Å². The summed E-state index contributed by atoms with van der Waals surface area (Å²) in [5.74, 6) is -0.954. The molecule has 1 aliphatic heterocycles. The molecule has 1 fully saturated rings. The highest BCUT2D eigenvalue weighted by Gasteiger charge is 2.37. The first kappa shape index (κ1) is 18.6. The van der Waals surface area contributed by atoms with Crippen LogP contribution in [-0.4, -0.2) is 40.0 Å². The Morgan fingerprint density at radius 3 is 2.46 bits per heavy atom. The Kier molecular flexibility index (Phi) is 5.17. The third kappa shape index (κ3) is 4.43. The van der Waals surface area contributed by atoms with Crippen LogP contribution in [0.5, 0.6) is 0 Å². The Bertz CT molecular complexity index is 624. The van der Waals surface area contributed by atoms with Gasteiger partial charge in [0.2, 0.25) is 22.0 Å². The fraction of sp³-hybridized carbons (Fsp3) is 0.714. The van der Waals surface area contributed by atoms with E-state index in [0.29, 0.717) is 19.4 Å². The van der Waals surface area contributed by atoms with Crippen molar-refractivity contribution < 1.29 is 22.8 Å². The molecule has 1 N–H and O–H groups in total. The number of likely N-dealkylation sites (tertiary alicyclic amines) is 1. The summed E-state index contributed by atoms with van der Waals surface area (Å²) in [5, 5.41) is 7.45. The summed E-state index contributed by atoms with van der Waals surface area (Å²) in [6.45, 7) is 6.25. The second-order valence-electron chi connectivity index (χ2n) is 6.74. The van der Waals surface area contributed by atoms with Gasteiger partial charge in [-0.05, 0) is 12.8 Å². The molecular formula is C14H19F3N4O2S. The summed E-state index contributed by atoms with van der Waals surface area (Å²) < 4.78 is 37.5. The highest BCUT2D eigenvalue weighted by Crippen LogP contribution is 2.33. The number of halogens is 3. The molecule has 0 aromatic carbocycles. The van der Waals surface area contributed by atoms with Gasteiger partial charge in [-0.25, -0.2) is 0 Å². The largest absolute Gasteiger partial charge is 0.445 e. The highest BCUT2D eigenvalue weighted by atomic mass is 32.1. The summed E-state index contributed by atoms with van der Waals surface area (Å²) >= 11 is 0.284. The van der Waals surface area contributed by atoms with E-state index >= 15 is 0 Å². The van der Waals surface area contributed by atoms with E-state index in [9.17, 15) is 22.8 Å². The van der Waals surface area contributed by atoms with Crippen molar-refractivity contribution >= 4 is 28.3 Å². The number of rotatable bonds is 2. The predicted molar refractivity (Wildman–Crippen MR) is 82.3 cm³/mol. The highest BCUT2D eigenvalue weighted by molar-refractivity contribution is 7.15. The van der Waals surface area contributed by atoms with Crippen LogP contribution in [-0.2, 0) is 15.8 Å². The molecule has 1 atom stereocenters. The molecule has 10 heteroatoms. The van der Waals surface area contributed by atoms with Gasteiger partial charge in [-0.1, -0.05) is 32.1 Å². The minimum atomic E-state index is -4.58. The molecule has 0 bridgehead atoms. The van der Waals surface area contributed by atoms with Crippen molar-refractivity contribution in [2.75, 3.05) is 18.4 Å². The van der Waals surface area contributed by atoms with E-state index in [-0.39, 0.29) is 28.9 Å². The molecule has 6 nitrogen and oxygen atoms in total. The number of anilines is 1. The van der Waals surface area contributed by atoms with E-state index in [2.05, 4.69) is 15.5 Å². The number of amides is 2.